The number of hydrogen-bond acceptors (Lipinski definition) is 7. The first-order valence-electron chi connectivity index (χ1n) is 9.49. The van der Waals surface area contributed by atoms with Gasteiger partial charge in [0, 0.05) is 33.7 Å². The molecular weight excluding hydrogens is 452 g/mol. The maximum Gasteiger partial charge on any atom is 0.164 e. The Morgan fingerprint density at radius 2 is 2.00 bits per heavy atom. The normalized spacial score (nSPS) is 24.0. The highest BCUT2D eigenvalue weighted by molar-refractivity contribution is 9.10. The molecule has 30 heavy (non-hydrogen) atoms. The van der Waals surface area contributed by atoms with Crippen molar-refractivity contribution in [3.8, 4) is 5.75 Å². The Kier molecular flexibility index (Phi) is 4.90. The zero-order valence-electron chi connectivity index (χ0n) is 16.0. The molecule has 0 aliphatic carbocycles. The third-order valence-electron chi connectivity index (χ3n) is 5.36. The highest BCUT2D eigenvalue weighted by atomic mass is 79.9. The van der Waals surface area contributed by atoms with E-state index in [1.165, 1.54) is 6.33 Å². The molecule has 0 amide bonds. The number of nitrogens with zero attached hydrogens (tertiary/aromatic N) is 4. The van der Waals surface area contributed by atoms with E-state index in [1.807, 2.05) is 37.3 Å². The lowest BCUT2D eigenvalue weighted by atomic mass is 10.1. The molecule has 5 rings (SSSR count). The number of fused-ring (bicyclic) bond motifs is 2. The van der Waals surface area contributed by atoms with Crippen molar-refractivity contribution in [1.82, 2.24) is 19.5 Å². The number of aliphatic hydroxyl groups is 2. The summed E-state index contributed by atoms with van der Waals surface area (Å²) in [5.74, 6) is 0.612. The van der Waals surface area contributed by atoms with Gasteiger partial charge in [0.1, 0.15) is 42.6 Å². The van der Waals surface area contributed by atoms with E-state index in [2.05, 4.69) is 30.9 Å². The van der Waals surface area contributed by atoms with Crippen molar-refractivity contribution in [2.45, 2.75) is 31.5 Å². The van der Waals surface area contributed by atoms with Gasteiger partial charge in [0.2, 0.25) is 0 Å². The molecule has 1 aliphatic heterocycles. The molecule has 3 aromatic heterocycles. The van der Waals surface area contributed by atoms with Gasteiger partial charge in [0.15, 0.2) is 6.23 Å². The summed E-state index contributed by atoms with van der Waals surface area (Å²) in [5.41, 5.74) is 2.28. The van der Waals surface area contributed by atoms with E-state index in [1.54, 1.807) is 17.0 Å². The minimum absolute atomic E-state index is 0.0873. The van der Waals surface area contributed by atoms with Crippen LogP contribution in [-0.2, 0) is 4.74 Å². The molecule has 4 atom stereocenters. The summed E-state index contributed by atoms with van der Waals surface area (Å²) in [5, 5.41) is 23.0. The number of ether oxygens (including phenoxy) is 2. The molecule has 0 unspecified atom stereocenters. The lowest BCUT2D eigenvalue weighted by Crippen LogP contribution is -2.34. The van der Waals surface area contributed by atoms with Crippen LogP contribution in [-0.4, -0.2) is 54.7 Å². The second-order valence-corrected chi connectivity index (χ2v) is 8.20. The number of aliphatic hydroxyl groups excluding tert-OH is 2. The zero-order valence-corrected chi connectivity index (χ0v) is 17.6. The fourth-order valence-corrected chi connectivity index (χ4v) is 4.09. The van der Waals surface area contributed by atoms with Crippen molar-refractivity contribution in [2.75, 3.05) is 6.61 Å². The van der Waals surface area contributed by atoms with Crippen LogP contribution in [0.4, 0.5) is 0 Å². The van der Waals surface area contributed by atoms with Gasteiger partial charge in [-0.25, -0.2) is 9.97 Å². The topological polar surface area (TPSA) is 103 Å². The van der Waals surface area contributed by atoms with Gasteiger partial charge >= 0.3 is 0 Å². The van der Waals surface area contributed by atoms with Gasteiger partial charge in [-0.15, -0.1) is 0 Å². The average molecular weight is 471 g/mol. The van der Waals surface area contributed by atoms with E-state index >= 15 is 0 Å². The second-order valence-electron chi connectivity index (χ2n) is 7.28. The molecular formula is C21H19BrN4O4. The fraction of sp³-hybridized carbons (Fsp3) is 0.286. The maximum absolute atomic E-state index is 10.6. The molecule has 2 N–H and O–H groups in total. The van der Waals surface area contributed by atoms with Gasteiger partial charge in [-0.3, -0.25) is 4.98 Å². The van der Waals surface area contributed by atoms with Gasteiger partial charge < -0.3 is 24.3 Å². The second kappa shape index (κ2) is 7.59. The minimum atomic E-state index is -1.11. The van der Waals surface area contributed by atoms with Crippen LogP contribution in [0.5, 0.6) is 5.75 Å². The van der Waals surface area contributed by atoms with Gasteiger partial charge in [-0.1, -0.05) is 0 Å². The molecule has 4 heterocycles. The van der Waals surface area contributed by atoms with Gasteiger partial charge in [0.05, 0.1) is 11.2 Å². The first-order chi connectivity index (χ1) is 14.5. The van der Waals surface area contributed by atoms with E-state index in [0.29, 0.717) is 11.4 Å². The quantitative estimate of drug-likeness (QED) is 0.472. The summed E-state index contributed by atoms with van der Waals surface area (Å²) < 4.78 is 14.4. The van der Waals surface area contributed by atoms with Crippen LogP contribution < -0.4 is 4.74 Å². The number of rotatable bonds is 4. The minimum Gasteiger partial charge on any atom is -0.491 e. The molecule has 1 aliphatic rings. The van der Waals surface area contributed by atoms with Crippen molar-refractivity contribution < 1.29 is 19.7 Å². The lowest BCUT2D eigenvalue weighted by Gasteiger charge is -2.17. The molecule has 0 radical (unpaired) electrons. The fourth-order valence-electron chi connectivity index (χ4n) is 3.74. The molecule has 8 nitrogen and oxygen atoms in total. The standard InChI is InChI=1S/C21H19BrN4O4/c1-11-15-4-5-26(20(15)25-10-24-11)21-19(28)18(27)17(30-21)9-29-14-3-2-12-6-13(22)8-23-16(12)7-14/h2-8,10,17-19,21,27-28H,9H2,1H3/t17-,18-,19-,21-/m1/s1. The number of halogens is 1. The van der Waals surface area contributed by atoms with E-state index < -0.39 is 24.5 Å². The summed E-state index contributed by atoms with van der Waals surface area (Å²) in [4.78, 5) is 12.8. The Bertz CT molecular complexity index is 1230. The molecule has 1 aromatic carbocycles. The third-order valence-corrected chi connectivity index (χ3v) is 5.79. The van der Waals surface area contributed by atoms with Crippen LogP contribution in [0, 0.1) is 6.92 Å². The third kappa shape index (κ3) is 3.33. The van der Waals surface area contributed by atoms with Crippen molar-refractivity contribution in [3.63, 3.8) is 0 Å². The lowest BCUT2D eigenvalue weighted by molar-refractivity contribution is -0.0471. The Morgan fingerprint density at radius 3 is 2.87 bits per heavy atom. The van der Waals surface area contributed by atoms with Crippen molar-refractivity contribution in [3.05, 3.63) is 59.2 Å². The summed E-state index contributed by atoms with van der Waals surface area (Å²) in [6.07, 6.45) is 1.31. The van der Waals surface area contributed by atoms with Crippen molar-refractivity contribution in [2.24, 2.45) is 0 Å². The van der Waals surface area contributed by atoms with E-state index in [0.717, 1.165) is 26.5 Å². The van der Waals surface area contributed by atoms with Crippen molar-refractivity contribution in [1.29, 1.82) is 0 Å². The van der Waals surface area contributed by atoms with Crippen LogP contribution in [0.2, 0.25) is 0 Å². The van der Waals surface area contributed by atoms with E-state index in [4.69, 9.17) is 9.47 Å². The number of aromatic nitrogens is 4. The summed E-state index contributed by atoms with van der Waals surface area (Å²) in [6, 6.07) is 9.43. The predicted octanol–water partition coefficient (Wildman–Crippen LogP) is 2.75. The number of aryl methyl sites for hydroxylation is 1. The summed E-state index contributed by atoms with van der Waals surface area (Å²) in [7, 11) is 0. The van der Waals surface area contributed by atoms with Gasteiger partial charge in [-0.05, 0) is 47.1 Å². The number of benzene rings is 1. The summed E-state index contributed by atoms with van der Waals surface area (Å²) in [6.45, 7) is 1.98. The van der Waals surface area contributed by atoms with Crippen LogP contribution >= 0.6 is 15.9 Å². The van der Waals surface area contributed by atoms with Crippen molar-refractivity contribution >= 4 is 37.9 Å². The predicted molar refractivity (Wildman–Crippen MR) is 113 cm³/mol. The molecule has 1 fully saturated rings. The van der Waals surface area contributed by atoms with E-state index in [9.17, 15) is 10.2 Å². The molecule has 1 saturated heterocycles. The highest BCUT2D eigenvalue weighted by Gasteiger charge is 2.44. The zero-order chi connectivity index (χ0) is 20.8. The molecule has 154 valence electrons. The molecule has 4 aromatic rings. The van der Waals surface area contributed by atoms with Gasteiger partial charge in [0.25, 0.3) is 0 Å². The van der Waals surface area contributed by atoms with Crippen LogP contribution in [0.1, 0.15) is 11.9 Å². The van der Waals surface area contributed by atoms with Crippen LogP contribution in [0.3, 0.4) is 0 Å². The Labute approximate surface area is 180 Å². The SMILES string of the molecule is Cc1ncnc2c1ccn2[C@@H]1O[C@H](COc2ccc3cc(Br)cnc3c2)[C@@H](O)[C@H]1O. The first kappa shape index (κ1) is 19.4. The summed E-state index contributed by atoms with van der Waals surface area (Å²) >= 11 is 3.41. The van der Waals surface area contributed by atoms with Crippen LogP contribution in [0.25, 0.3) is 21.9 Å². The Balaban J connectivity index is 1.33. The first-order valence-corrected chi connectivity index (χ1v) is 10.3. The number of pyridine rings is 1. The maximum atomic E-state index is 10.6. The molecule has 0 bridgehead atoms. The monoisotopic (exact) mass is 470 g/mol. The number of hydrogen-bond donors (Lipinski definition) is 2. The average Bonchev–Trinajstić information content (AvgIpc) is 3.29. The molecule has 0 spiro atoms. The smallest absolute Gasteiger partial charge is 0.164 e. The molecule has 9 heteroatoms. The Hall–Kier alpha value is -2.59. The Morgan fingerprint density at radius 1 is 1.13 bits per heavy atom. The largest absolute Gasteiger partial charge is 0.491 e. The van der Waals surface area contributed by atoms with E-state index in [-0.39, 0.29) is 6.61 Å². The highest BCUT2D eigenvalue weighted by Crippen LogP contribution is 2.33. The molecule has 0 saturated carbocycles. The van der Waals surface area contributed by atoms with Crippen LogP contribution in [0.15, 0.2) is 53.5 Å². The van der Waals surface area contributed by atoms with Gasteiger partial charge in [-0.2, -0.15) is 0 Å².